The third-order valence-electron chi connectivity index (χ3n) is 5.02. The topological polar surface area (TPSA) is 9.23 Å². The summed E-state index contributed by atoms with van der Waals surface area (Å²) in [5.74, 6) is -1.72. The molecule has 28 heavy (non-hydrogen) atoms. The number of allylic oxidation sites excluding steroid dienone is 2. The molecule has 0 saturated heterocycles. The third-order valence-corrected chi connectivity index (χ3v) is 5.02. The minimum atomic E-state index is -4.74. The maximum Gasteiger partial charge on any atom is 0.573 e. The van der Waals surface area contributed by atoms with Crippen molar-refractivity contribution in [3.05, 3.63) is 76.4 Å². The normalized spacial score (nSPS) is 17.0. The minimum Gasteiger partial charge on any atom is -0.406 e. The predicted octanol–water partition coefficient (Wildman–Crippen LogP) is 6.64. The molecule has 150 valence electrons. The highest BCUT2D eigenvalue weighted by Gasteiger charge is 2.32. The summed E-state index contributed by atoms with van der Waals surface area (Å²) in [5, 5.41) is 0. The van der Waals surface area contributed by atoms with Crippen LogP contribution in [0.2, 0.25) is 0 Å². The third kappa shape index (κ3) is 4.91. The van der Waals surface area contributed by atoms with Crippen LogP contribution in [-0.2, 0) is 19.3 Å². The van der Waals surface area contributed by atoms with Crippen LogP contribution >= 0.6 is 0 Å². The summed E-state index contributed by atoms with van der Waals surface area (Å²) in [6, 6.07) is 6.92. The van der Waals surface area contributed by atoms with Gasteiger partial charge in [-0.15, -0.1) is 13.2 Å². The molecular formula is C22H21F5O. The number of alkyl halides is 3. The summed E-state index contributed by atoms with van der Waals surface area (Å²) < 4.78 is 70.3. The molecular weight excluding hydrogens is 375 g/mol. The molecule has 1 aliphatic carbocycles. The van der Waals surface area contributed by atoms with E-state index >= 15 is 0 Å². The van der Waals surface area contributed by atoms with Gasteiger partial charge in [-0.25, -0.2) is 8.78 Å². The van der Waals surface area contributed by atoms with E-state index in [0.717, 1.165) is 11.1 Å². The van der Waals surface area contributed by atoms with E-state index in [9.17, 15) is 22.0 Å². The second-order valence-electron chi connectivity index (χ2n) is 7.00. The molecule has 0 aromatic heterocycles. The number of rotatable bonds is 5. The molecule has 6 heteroatoms. The Morgan fingerprint density at radius 1 is 1.07 bits per heavy atom. The van der Waals surface area contributed by atoms with Gasteiger partial charge in [0, 0.05) is 5.56 Å². The standard InChI is InChI=1S/C22H21F5O/c1-2-3-4-5-14-10-19(23)21(20(24)11-14)17-7-6-16-13-18(28-22(25,26)27)9-8-15(16)12-17/h2-3,8-11,13,17H,4-7,12H2,1H3/b3-2+. The number of hydrogen-bond acceptors (Lipinski definition) is 1. The van der Waals surface area contributed by atoms with Crippen LogP contribution in [0.3, 0.4) is 0 Å². The van der Waals surface area contributed by atoms with Crippen molar-refractivity contribution in [2.75, 3.05) is 0 Å². The highest BCUT2D eigenvalue weighted by atomic mass is 19.4. The lowest BCUT2D eigenvalue weighted by molar-refractivity contribution is -0.274. The van der Waals surface area contributed by atoms with Crippen molar-refractivity contribution in [2.45, 2.75) is 51.3 Å². The molecule has 2 aromatic carbocycles. The molecule has 0 heterocycles. The van der Waals surface area contributed by atoms with Crippen molar-refractivity contribution >= 4 is 0 Å². The Morgan fingerprint density at radius 2 is 1.79 bits per heavy atom. The molecule has 0 fully saturated rings. The number of benzene rings is 2. The van der Waals surface area contributed by atoms with Crippen LogP contribution in [0.15, 0.2) is 42.5 Å². The maximum absolute atomic E-state index is 14.6. The second-order valence-corrected chi connectivity index (χ2v) is 7.00. The van der Waals surface area contributed by atoms with Gasteiger partial charge in [0.05, 0.1) is 0 Å². The molecule has 0 N–H and O–H groups in total. The molecule has 1 atom stereocenters. The quantitative estimate of drug-likeness (QED) is 0.406. The van der Waals surface area contributed by atoms with Gasteiger partial charge in [-0.1, -0.05) is 18.2 Å². The van der Waals surface area contributed by atoms with E-state index in [4.69, 9.17) is 0 Å². The molecule has 1 nitrogen and oxygen atoms in total. The van der Waals surface area contributed by atoms with Crippen molar-refractivity contribution < 1.29 is 26.7 Å². The Morgan fingerprint density at radius 3 is 2.43 bits per heavy atom. The maximum atomic E-state index is 14.6. The fourth-order valence-corrected chi connectivity index (χ4v) is 3.76. The van der Waals surface area contributed by atoms with E-state index in [1.807, 2.05) is 19.1 Å². The average molecular weight is 396 g/mol. The van der Waals surface area contributed by atoms with Crippen LogP contribution < -0.4 is 4.74 Å². The summed E-state index contributed by atoms with van der Waals surface area (Å²) in [7, 11) is 0. The van der Waals surface area contributed by atoms with E-state index < -0.39 is 18.0 Å². The number of aryl methyl sites for hydroxylation is 2. The molecule has 0 spiro atoms. The Bertz CT molecular complexity index is 847. The van der Waals surface area contributed by atoms with Crippen LogP contribution in [0.1, 0.15) is 47.9 Å². The number of fused-ring (bicyclic) bond motifs is 1. The number of ether oxygens (including phenoxy) is 1. The Balaban J connectivity index is 1.78. The zero-order valence-electron chi connectivity index (χ0n) is 15.5. The first-order valence-corrected chi connectivity index (χ1v) is 9.23. The van der Waals surface area contributed by atoms with Gasteiger partial charge in [-0.05, 0) is 85.9 Å². The SMILES string of the molecule is C/C=C/CCc1cc(F)c(C2CCc3cc(OC(F)(F)F)ccc3C2)c(F)c1. The smallest absolute Gasteiger partial charge is 0.406 e. The molecule has 0 saturated carbocycles. The molecule has 2 aromatic rings. The average Bonchev–Trinajstić information content (AvgIpc) is 2.60. The van der Waals surface area contributed by atoms with Gasteiger partial charge in [-0.3, -0.25) is 0 Å². The second kappa shape index (κ2) is 8.33. The monoisotopic (exact) mass is 396 g/mol. The van der Waals surface area contributed by atoms with E-state index in [1.54, 1.807) is 6.07 Å². The fraction of sp³-hybridized carbons (Fsp3) is 0.364. The molecule has 3 rings (SSSR count). The molecule has 0 bridgehead atoms. The highest BCUT2D eigenvalue weighted by molar-refractivity contribution is 5.40. The highest BCUT2D eigenvalue weighted by Crippen LogP contribution is 2.37. The van der Waals surface area contributed by atoms with Crippen LogP contribution in [-0.4, -0.2) is 6.36 Å². The first-order chi connectivity index (χ1) is 13.3. The number of halogens is 5. The first-order valence-electron chi connectivity index (χ1n) is 9.23. The molecule has 0 radical (unpaired) electrons. The van der Waals surface area contributed by atoms with Gasteiger partial charge in [0.1, 0.15) is 17.4 Å². The molecule has 1 aliphatic rings. The van der Waals surface area contributed by atoms with Gasteiger partial charge >= 0.3 is 6.36 Å². The van der Waals surface area contributed by atoms with Crippen molar-refractivity contribution in [1.82, 2.24) is 0 Å². The first kappa shape index (κ1) is 20.4. The van der Waals surface area contributed by atoms with E-state index in [0.29, 0.717) is 37.7 Å². The number of hydrogen-bond donors (Lipinski definition) is 0. The minimum absolute atomic E-state index is 0.0658. The van der Waals surface area contributed by atoms with Crippen LogP contribution in [0.4, 0.5) is 22.0 Å². The predicted molar refractivity (Wildman–Crippen MR) is 97.4 cm³/mol. The van der Waals surface area contributed by atoms with Gasteiger partial charge < -0.3 is 4.74 Å². The molecule has 1 unspecified atom stereocenters. The summed E-state index contributed by atoms with van der Waals surface area (Å²) in [4.78, 5) is 0. The Kier molecular flexibility index (Phi) is 6.06. The Labute approximate surface area is 160 Å². The van der Waals surface area contributed by atoms with E-state index in [2.05, 4.69) is 4.74 Å². The zero-order chi connectivity index (χ0) is 20.3. The van der Waals surface area contributed by atoms with Crippen LogP contribution in [0.25, 0.3) is 0 Å². The molecule has 0 aliphatic heterocycles. The summed E-state index contributed by atoms with van der Waals surface area (Å²) in [5.41, 5.74) is 2.20. The lowest BCUT2D eigenvalue weighted by Crippen LogP contribution is -2.19. The summed E-state index contributed by atoms with van der Waals surface area (Å²) >= 11 is 0. The van der Waals surface area contributed by atoms with Crippen molar-refractivity contribution in [2.24, 2.45) is 0 Å². The Hall–Kier alpha value is -2.37. The van der Waals surface area contributed by atoms with Crippen LogP contribution in [0.5, 0.6) is 5.75 Å². The van der Waals surface area contributed by atoms with Crippen molar-refractivity contribution in [3.63, 3.8) is 0 Å². The summed E-state index contributed by atoms with van der Waals surface area (Å²) in [6.07, 6.45) is 1.66. The zero-order valence-corrected chi connectivity index (χ0v) is 15.5. The lowest BCUT2D eigenvalue weighted by atomic mass is 9.79. The van der Waals surface area contributed by atoms with Gasteiger partial charge in [0.2, 0.25) is 0 Å². The van der Waals surface area contributed by atoms with E-state index in [1.165, 1.54) is 24.3 Å². The summed E-state index contributed by atoms with van der Waals surface area (Å²) in [6.45, 7) is 1.89. The fourth-order valence-electron chi connectivity index (χ4n) is 3.76. The van der Waals surface area contributed by atoms with Crippen molar-refractivity contribution in [3.8, 4) is 5.75 Å². The van der Waals surface area contributed by atoms with Gasteiger partial charge in [0.15, 0.2) is 0 Å². The van der Waals surface area contributed by atoms with E-state index in [-0.39, 0.29) is 17.2 Å². The van der Waals surface area contributed by atoms with Gasteiger partial charge in [-0.2, -0.15) is 0 Å². The van der Waals surface area contributed by atoms with Crippen molar-refractivity contribution in [1.29, 1.82) is 0 Å². The van der Waals surface area contributed by atoms with Crippen LogP contribution in [0, 0.1) is 11.6 Å². The molecule has 0 amide bonds. The van der Waals surface area contributed by atoms with Gasteiger partial charge in [0.25, 0.3) is 0 Å². The lowest BCUT2D eigenvalue weighted by Gasteiger charge is -2.26. The largest absolute Gasteiger partial charge is 0.573 e.